The van der Waals surface area contributed by atoms with Crippen LogP contribution < -0.4 is 10.2 Å². The van der Waals surface area contributed by atoms with E-state index in [0.717, 1.165) is 49.4 Å². The number of benzene rings is 1. The molecular formula is C24H35N3O. The first-order chi connectivity index (χ1) is 13.5. The lowest BCUT2D eigenvalue weighted by Crippen LogP contribution is -2.39. The van der Waals surface area contributed by atoms with Crippen molar-refractivity contribution >= 4 is 5.70 Å². The molecule has 4 heteroatoms. The van der Waals surface area contributed by atoms with E-state index in [9.17, 15) is 0 Å². The fraction of sp³-hybridized carbons (Fsp3) is 0.500. The summed E-state index contributed by atoms with van der Waals surface area (Å²) in [5.74, 6) is 0.931. The van der Waals surface area contributed by atoms with Gasteiger partial charge in [-0.2, -0.15) is 0 Å². The van der Waals surface area contributed by atoms with Crippen molar-refractivity contribution in [2.75, 3.05) is 20.2 Å². The number of methoxy groups -OCH3 is 1. The van der Waals surface area contributed by atoms with Crippen molar-refractivity contribution in [3.8, 4) is 5.75 Å². The quantitative estimate of drug-likeness (QED) is 0.673. The lowest BCUT2D eigenvalue weighted by atomic mass is 9.99. The highest BCUT2D eigenvalue weighted by molar-refractivity contribution is 5.76. The molecule has 0 saturated heterocycles. The van der Waals surface area contributed by atoms with E-state index in [4.69, 9.17) is 4.74 Å². The van der Waals surface area contributed by atoms with E-state index in [1.807, 2.05) is 0 Å². The highest BCUT2D eigenvalue weighted by Gasteiger charge is 2.36. The Morgan fingerprint density at radius 3 is 2.43 bits per heavy atom. The zero-order valence-electron chi connectivity index (χ0n) is 18.3. The number of fused-ring (bicyclic) bond motifs is 1. The van der Waals surface area contributed by atoms with Gasteiger partial charge in [-0.3, -0.25) is 5.01 Å². The normalized spacial score (nSPS) is 18.4. The molecule has 0 spiro atoms. The van der Waals surface area contributed by atoms with Crippen molar-refractivity contribution in [3.63, 3.8) is 0 Å². The first-order valence-electron chi connectivity index (χ1n) is 10.6. The summed E-state index contributed by atoms with van der Waals surface area (Å²) >= 11 is 0. The second kappa shape index (κ2) is 8.87. The SMILES string of the molecule is CCCN(CCC)C1=C2C=CC=C(c3c(C)cc(C)cc3OC)N2NC1CC. The minimum atomic E-state index is 0.330. The molecule has 0 aromatic heterocycles. The summed E-state index contributed by atoms with van der Waals surface area (Å²) in [7, 11) is 1.76. The molecular weight excluding hydrogens is 346 g/mol. The predicted octanol–water partition coefficient (Wildman–Crippen LogP) is 5.16. The van der Waals surface area contributed by atoms with Crippen LogP contribution in [0.1, 0.15) is 56.7 Å². The van der Waals surface area contributed by atoms with Crippen molar-refractivity contribution in [3.05, 3.63) is 58.4 Å². The van der Waals surface area contributed by atoms with E-state index >= 15 is 0 Å². The largest absolute Gasteiger partial charge is 0.496 e. The van der Waals surface area contributed by atoms with Gasteiger partial charge in [0.1, 0.15) is 5.75 Å². The topological polar surface area (TPSA) is 27.7 Å². The minimum Gasteiger partial charge on any atom is -0.496 e. The van der Waals surface area contributed by atoms with Gasteiger partial charge in [-0.25, -0.2) is 5.43 Å². The molecule has 2 aliphatic rings. The van der Waals surface area contributed by atoms with Gasteiger partial charge in [0.05, 0.1) is 30.2 Å². The number of hydrogen-bond acceptors (Lipinski definition) is 4. The highest BCUT2D eigenvalue weighted by Crippen LogP contribution is 2.40. The molecule has 0 radical (unpaired) electrons. The Labute approximate surface area is 170 Å². The first-order valence-corrected chi connectivity index (χ1v) is 10.6. The molecule has 1 atom stereocenters. The van der Waals surface area contributed by atoms with Gasteiger partial charge in [0.25, 0.3) is 0 Å². The maximum atomic E-state index is 5.77. The molecule has 1 unspecified atom stereocenters. The Morgan fingerprint density at radius 1 is 1.11 bits per heavy atom. The molecule has 152 valence electrons. The van der Waals surface area contributed by atoms with Crippen LogP contribution in [0.5, 0.6) is 5.75 Å². The molecule has 3 rings (SSSR count). The van der Waals surface area contributed by atoms with Crippen LogP contribution in [0.2, 0.25) is 0 Å². The third-order valence-electron chi connectivity index (χ3n) is 5.52. The molecule has 4 nitrogen and oxygen atoms in total. The Balaban J connectivity index is 2.09. The molecule has 0 amide bonds. The molecule has 28 heavy (non-hydrogen) atoms. The zero-order chi connectivity index (χ0) is 20.3. The van der Waals surface area contributed by atoms with Crippen LogP contribution in [0.25, 0.3) is 5.70 Å². The van der Waals surface area contributed by atoms with E-state index in [-0.39, 0.29) is 0 Å². The molecule has 1 N–H and O–H groups in total. The van der Waals surface area contributed by atoms with Gasteiger partial charge >= 0.3 is 0 Å². The summed E-state index contributed by atoms with van der Waals surface area (Å²) in [5.41, 5.74) is 11.3. The third-order valence-corrected chi connectivity index (χ3v) is 5.52. The molecule has 1 aromatic carbocycles. The average molecular weight is 382 g/mol. The molecule has 0 bridgehead atoms. The molecule has 0 fully saturated rings. The van der Waals surface area contributed by atoms with Gasteiger partial charge in [-0.05, 0) is 62.5 Å². The third kappa shape index (κ3) is 3.70. The Morgan fingerprint density at radius 2 is 1.82 bits per heavy atom. The molecule has 2 aliphatic heterocycles. The fourth-order valence-electron chi connectivity index (χ4n) is 4.42. The van der Waals surface area contributed by atoms with Crippen molar-refractivity contribution in [2.24, 2.45) is 0 Å². The Hall–Kier alpha value is -2.20. The molecule has 1 aromatic rings. The number of ether oxygens (including phenoxy) is 1. The second-order valence-electron chi connectivity index (χ2n) is 7.75. The number of hydrazine groups is 1. The van der Waals surface area contributed by atoms with Crippen molar-refractivity contribution in [2.45, 2.75) is 59.9 Å². The van der Waals surface area contributed by atoms with Crippen molar-refractivity contribution in [1.29, 1.82) is 0 Å². The first kappa shape index (κ1) is 20.5. The highest BCUT2D eigenvalue weighted by atomic mass is 16.5. The number of aryl methyl sites for hydroxylation is 2. The average Bonchev–Trinajstić information content (AvgIpc) is 3.06. The lowest BCUT2D eigenvalue weighted by molar-refractivity contribution is 0.302. The summed E-state index contributed by atoms with van der Waals surface area (Å²) in [6.07, 6.45) is 9.99. The predicted molar refractivity (Wildman–Crippen MR) is 118 cm³/mol. The minimum absolute atomic E-state index is 0.330. The fourth-order valence-corrected chi connectivity index (χ4v) is 4.42. The van der Waals surface area contributed by atoms with Crippen LogP contribution >= 0.6 is 0 Å². The van der Waals surface area contributed by atoms with Gasteiger partial charge in [-0.1, -0.05) is 32.9 Å². The molecule has 2 heterocycles. The standard InChI is InChI=1S/C24H35N3O/c1-7-13-26(14-8-2)24-19(9-3)25-27-20(11-10-12-21(24)27)23-18(5)15-17(4)16-22(23)28-6/h10-12,15-16,19,25H,7-9,13-14H2,1-6H3. The number of allylic oxidation sites excluding steroid dienone is 3. The van der Waals surface area contributed by atoms with Gasteiger partial charge < -0.3 is 9.64 Å². The van der Waals surface area contributed by atoms with Crippen molar-refractivity contribution < 1.29 is 4.74 Å². The second-order valence-corrected chi connectivity index (χ2v) is 7.75. The summed E-state index contributed by atoms with van der Waals surface area (Å²) in [6.45, 7) is 13.3. The Kier molecular flexibility index (Phi) is 6.50. The molecule has 0 aliphatic carbocycles. The number of hydrogen-bond donors (Lipinski definition) is 1. The van der Waals surface area contributed by atoms with Gasteiger partial charge in [0, 0.05) is 18.7 Å². The summed E-state index contributed by atoms with van der Waals surface area (Å²) in [6, 6.07) is 4.69. The maximum absolute atomic E-state index is 5.77. The van der Waals surface area contributed by atoms with E-state index < -0.39 is 0 Å². The van der Waals surface area contributed by atoms with E-state index in [0.29, 0.717) is 6.04 Å². The van der Waals surface area contributed by atoms with Crippen molar-refractivity contribution in [1.82, 2.24) is 15.3 Å². The summed E-state index contributed by atoms with van der Waals surface area (Å²) in [5, 5.41) is 2.28. The smallest absolute Gasteiger partial charge is 0.128 e. The number of nitrogens with one attached hydrogen (secondary N) is 1. The van der Waals surface area contributed by atoms with E-state index in [1.54, 1.807) is 7.11 Å². The van der Waals surface area contributed by atoms with Crippen LogP contribution in [0, 0.1) is 13.8 Å². The van der Waals surface area contributed by atoms with Crippen LogP contribution in [-0.4, -0.2) is 36.1 Å². The van der Waals surface area contributed by atoms with Crippen LogP contribution in [0.15, 0.2) is 41.8 Å². The van der Waals surface area contributed by atoms with Gasteiger partial charge in [-0.15, -0.1) is 0 Å². The van der Waals surface area contributed by atoms with Crippen LogP contribution in [-0.2, 0) is 0 Å². The van der Waals surface area contributed by atoms with Crippen LogP contribution in [0.4, 0.5) is 0 Å². The molecule has 0 saturated carbocycles. The monoisotopic (exact) mass is 381 g/mol. The van der Waals surface area contributed by atoms with Gasteiger partial charge in [0.15, 0.2) is 0 Å². The van der Waals surface area contributed by atoms with E-state index in [1.165, 1.54) is 22.5 Å². The zero-order valence-corrected chi connectivity index (χ0v) is 18.3. The van der Waals surface area contributed by atoms with Crippen LogP contribution in [0.3, 0.4) is 0 Å². The summed E-state index contributed by atoms with van der Waals surface area (Å²) in [4.78, 5) is 2.57. The Bertz CT molecular complexity index is 800. The van der Waals surface area contributed by atoms with Gasteiger partial charge in [0.2, 0.25) is 0 Å². The maximum Gasteiger partial charge on any atom is 0.128 e. The number of rotatable bonds is 8. The lowest BCUT2D eigenvalue weighted by Gasteiger charge is -2.29. The summed E-state index contributed by atoms with van der Waals surface area (Å²) < 4.78 is 5.77. The number of nitrogens with zero attached hydrogens (tertiary/aromatic N) is 2. The van der Waals surface area contributed by atoms with E-state index in [2.05, 4.69) is 80.3 Å².